The molecule has 26 heavy (non-hydrogen) atoms. The first-order valence-electron chi connectivity index (χ1n) is 7.52. The largest absolute Gasteiger partial charge is 0.493 e. The molecule has 8 heteroatoms. The van der Waals surface area contributed by atoms with E-state index in [-0.39, 0.29) is 16.1 Å². The third-order valence-corrected chi connectivity index (χ3v) is 4.74. The highest BCUT2D eigenvalue weighted by atomic mass is 35.5. The van der Waals surface area contributed by atoms with Crippen LogP contribution in [-0.4, -0.2) is 31.3 Å². The molecule has 3 rings (SSSR count). The number of hydrogen-bond donors (Lipinski definition) is 1. The molecule has 0 unspecified atom stereocenters. The van der Waals surface area contributed by atoms with Gasteiger partial charge in [-0.3, -0.25) is 4.79 Å². The zero-order valence-corrected chi connectivity index (χ0v) is 15.3. The van der Waals surface area contributed by atoms with Gasteiger partial charge in [0.25, 0.3) is 0 Å². The topological polar surface area (TPSA) is 82.1 Å². The van der Waals surface area contributed by atoms with Crippen LogP contribution in [0.25, 0.3) is 0 Å². The van der Waals surface area contributed by atoms with Crippen LogP contribution >= 0.6 is 23.2 Å². The van der Waals surface area contributed by atoms with Crippen LogP contribution in [-0.2, 0) is 9.53 Å². The van der Waals surface area contributed by atoms with E-state index in [0.29, 0.717) is 22.1 Å². The second-order valence-electron chi connectivity index (χ2n) is 5.60. The number of rotatable bonds is 4. The molecule has 0 saturated carbocycles. The third-order valence-electron chi connectivity index (χ3n) is 4.18. The maximum atomic E-state index is 12.5. The SMILES string of the molecule is COc1cc2c(cc1OC)[C@H](C(=O)O)[C@@H](c1ccc(Cl)cc1Cl)OC2=O. The van der Waals surface area contributed by atoms with Crippen LogP contribution in [0.2, 0.25) is 10.0 Å². The fourth-order valence-electron chi connectivity index (χ4n) is 2.98. The second-order valence-corrected chi connectivity index (χ2v) is 6.45. The van der Waals surface area contributed by atoms with Crippen molar-refractivity contribution in [2.24, 2.45) is 0 Å². The first kappa shape index (κ1) is 18.4. The molecule has 2 aromatic rings. The Morgan fingerprint density at radius 1 is 1.08 bits per heavy atom. The van der Waals surface area contributed by atoms with Crippen LogP contribution in [0.4, 0.5) is 0 Å². The number of fused-ring (bicyclic) bond motifs is 1. The molecule has 0 aliphatic carbocycles. The minimum Gasteiger partial charge on any atom is -0.493 e. The number of hydrogen-bond acceptors (Lipinski definition) is 5. The average molecular weight is 397 g/mol. The fourth-order valence-corrected chi connectivity index (χ4v) is 3.49. The number of cyclic esters (lactones) is 1. The average Bonchev–Trinajstić information content (AvgIpc) is 2.60. The summed E-state index contributed by atoms with van der Waals surface area (Å²) in [7, 11) is 2.85. The summed E-state index contributed by atoms with van der Waals surface area (Å²) in [4.78, 5) is 24.5. The number of halogens is 2. The first-order chi connectivity index (χ1) is 12.4. The lowest BCUT2D eigenvalue weighted by Crippen LogP contribution is -2.31. The predicted molar refractivity (Wildman–Crippen MR) is 94.5 cm³/mol. The molecule has 2 atom stereocenters. The van der Waals surface area contributed by atoms with Crippen molar-refractivity contribution in [2.45, 2.75) is 12.0 Å². The molecule has 136 valence electrons. The number of carbonyl (C=O) groups excluding carboxylic acids is 1. The van der Waals surface area contributed by atoms with Gasteiger partial charge in [-0.2, -0.15) is 0 Å². The molecular formula is C18H14Cl2O6. The summed E-state index contributed by atoms with van der Waals surface area (Å²) in [6.45, 7) is 0. The van der Waals surface area contributed by atoms with E-state index >= 15 is 0 Å². The highest BCUT2D eigenvalue weighted by Crippen LogP contribution is 2.46. The molecule has 2 aromatic carbocycles. The van der Waals surface area contributed by atoms with Gasteiger partial charge in [-0.25, -0.2) is 4.79 Å². The number of ether oxygens (including phenoxy) is 3. The van der Waals surface area contributed by atoms with Gasteiger partial charge in [-0.05, 0) is 29.8 Å². The molecule has 1 aliphatic rings. The summed E-state index contributed by atoms with van der Waals surface area (Å²) in [5.41, 5.74) is 0.732. The van der Waals surface area contributed by atoms with Crippen molar-refractivity contribution in [1.29, 1.82) is 0 Å². The molecule has 0 bridgehead atoms. The van der Waals surface area contributed by atoms with Crippen molar-refractivity contribution in [2.75, 3.05) is 14.2 Å². The smallest absolute Gasteiger partial charge is 0.339 e. The van der Waals surface area contributed by atoms with Gasteiger partial charge in [0.1, 0.15) is 12.0 Å². The lowest BCUT2D eigenvalue weighted by molar-refractivity contribution is -0.142. The quantitative estimate of drug-likeness (QED) is 0.783. The number of methoxy groups -OCH3 is 2. The van der Waals surface area contributed by atoms with Crippen molar-refractivity contribution in [3.63, 3.8) is 0 Å². The Morgan fingerprint density at radius 2 is 1.73 bits per heavy atom. The minimum atomic E-state index is -1.17. The molecule has 1 N–H and O–H groups in total. The summed E-state index contributed by atoms with van der Waals surface area (Å²) in [5.74, 6) is -2.39. The van der Waals surface area contributed by atoms with Gasteiger partial charge in [-0.15, -0.1) is 0 Å². The van der Waals surface area contributed by atoms with Gasteiger partial charge in [0, 0.05) is 15.6 Å². The van der Waals surface area contributed by atoms with Crippen LogP contribution in [0, 0.1) is 0 Å². The lowest BCUT2D eigenvalue weighted by atomic mass is 9.83. The van der Waals surface area contributed by atoms with Gasteiger partial charge >= 0.3 is 11.9 Å². The summed E-state index contributed by atoms with van der Waals surface area (Å²) in [6, 6.07) is 7.45. The predicted octanol–water partition coefficient (Wildman–Crippen LogP) is 4.09. The molecule has 1 aliphatic heterocycles. The molecule has 0 spiro atoms. The van der Waals surface area contributed by atoms with Gasteiger partial charge < -0.3 is 19.3 Å². The monoisotopic (exact) mass is 396 g/mol. The lowest BCUT2D eigenvalue weighted by Gasteiger charge is -2.31. The number of esters is 1. The Morgan fingerprint density at radius 3 is 2.31 bits per heavy atom. The van der Waals surface area contributed by atoms with Gasteiger partial charge in [0.2, 0.25) is 0 Å². The van der Waals surface area contributed by atoms with Crippen molar-refractivity contribution >= 4 is 35.1 Å². The zero-order valence-electron chi connectivity index (χ0n) is 13.8. The fraction of sp³-hybridized carbons (Fsp3) is 0.222. The normalized spacial score (nSPS) is 18.7. The molecule has 0 aromatic heterocycles. The molecule has 0 amide bonds. The Balaban J connectivity index is 2.20. The highest BCUT2D eigenvalue weighted by Gasteiger charge is 2.43. The molecule has 6 nitrogen and oxygen atoms in total. The number of carboxylic acids is 1. The molecule has 1 heterocycles. The number of carbonyl (C=O) groups is 2. The van der Waals surface area contributed by atoms with Gasteiger partial charge in [0.05, 0.1) is 19.8 Å². The highest BCUT2D eigenvalue weighted by molar-refractivity contribution is 6.35. The van der Waals surface area contributed by atoms with E-state index in [4.69, 9.17) is 37.4 Å². The van der Waals surface area contributed by atoms with Crippen molar-refractivity contribution in [1.82, 2.24) is 0 Å². The summed E-state index contributed by atoms with van der Waals surface area (Å²) < 4.78 is 15.8. The van der Waals surface area contributed by atoms with E-state index in [1.807, 2.05) is 0 Å². The standard InChI is InChI=1S/C18H14Cl2O6/c1-24-13-6-10-11(7-14(13)25-2)18(23)26-16(15(10)17(21)22)9-4-3-8(19)5-12(9)20/h3-7,15-16H,1-2H3,(H,21,22)/t15-,16+/m0/s1. The maximum absolute atomic E-state index is 12.5. The Bertz CT molecular complexity index is 895. The maximum Gasteiger partial charge on any atom is 0.339 e. The van der Waals surface area contributed by atoms with Crippen LogP contribution in [0.15, 0.2) is 30.3 Å². The van der Waals surface area contributed by atoms with E-state index in [1.54, 1.807) is 12.1 Å². The Labute approximate surface area is 159 Å². The summed E-state index contributed by atoms with van der Waals surface area (Å²) in [6.07, 6.45) is -1.10. The first-order valence-corrected chi connectivity index (χ1v) is 8.27. The van der Waals surface area contributed by atoms with Crippen molar-refractivity contribution < 1.29 is 28.9 Å². The van der Waals surface area contributed by atoms with Gasteiger partial charge in [0.15, 0.2) is 11.5 Å². The Hall–Kier alpha value is -2.44. The van der Waals surface area contributed by atoms with Crippen LogP contribution in [0.3, 0.4) is 0 Å². The minimum absolute atomic E-state index is 0.108. The molecule has 0 fully saturated rings. The second kappa shape index (κ2) is 7.05. The van der Waals surface area contributed by atoms with E-state index in [2.05, 4.69) is 0 Å². The third kappa shape index (κ3) is 3.06. The number of benzene rings is 2. The van der Waals surface area contributed by atoms with E-state index in [1.165, 1.54) is 32.4 Å². The molecule has 0 saturated heterocycles. The number of aliphatic carboxylic acids is 1. The molecular weight excluding hydrogens is 383 g/mol. The Kier molecular flexibility index (Phi) is 4.98. The number of carboxylic acid groups (broad SMARTS) is 1. The van der Waals surface area contributed by atoms with Crippen molar-refractivity contribution in [3.05, 3.63) is 57.1 Å². The van der Waals surface area contributed by atoms with Crippen LogP contribution in [0.1, 0.15) is 33.5 Å². The van der Waals surface area contributed by atoms with Crippen LogP contribution in [0.5, 0.6) is 11.5 Å². The molecule has 0 radical (unpaired) electrons. The van der Waals surface area contributed by atoms with E-state index < -0.39 is 24.0 Å². The van der Waals surface area contributed by atoms with E-state index in [9.17, 15) is 14.7 Å². The van der Waals surface area contributed by atoms with Crippen molar-refractivity contribution in [3.8, 4) is 11.5 Å². The summed E-state index contributed by atoms with van der Waals surface area (Å²) >= 11 is 12.1. The van der Waals surface area contributed by atoms with E-state index in [0.717, 1.165) is 0 Å². The zero-order chi connectivity index (χ0) is 19.0. The van der Waals surface area contributed by atoms with Gasteiger partial charge in [-0.1, -0.05) is 29.3 Å². The summed E-state index contributed by atoms with van der Waals surface area (Å²) in [5, 5.41) is 10.4. The van der Waals surface area contributed by atoms with Crippen LogP contribution < -0.4 is 9.47 Å².